The molecule has 0 saturated carbocycles. The number of benzene rings is 2. The molecule has 0 aliphatic carbocycles. The van der Waals surface area contributed by atoms with Crippen LogP contribution in [0.1, 0.15) is 49.0 Å². The number of carbonyl (C=O) groups excluding carboxylic acids is 1. The normalized spacial score (nSPS) is 12.1. The van der Waals surface area contributed by atoms with E-state index in [1.54, 1.807) is 17.0 Å². The molecule has 3 aromatic rings. The zero-order chi connectivity index (χ0) is 26.5. The molecule has 1 aromatic heterocycles. The molecule has 0 spiro atoms. The fraction of sp³-hybridized carbons (Fsp3) is 0.462. The molecule has 10 heteroatoms. The van der Waals surface area contributed by atoms with Gasteiger partial charge in [0, 0.05) is 30.2 Å². The van der Waals surface area contributed by atoms with Crippen LogP contribution in [0.5, 0.6) is 0 Å². The third-order valence-corrected chi connectivity index (χ3v) is 8.94. The molecule has 0 N–H and O–H groups in total. The van der Waals surface area contributed by atoms with Crippen LogP contribution in [-0.4, -0.2) is 68.8 Å². The Bertz CT molecular complexity index is 1280. The summed E-state index contributed by atoms with van der Waals surface area (Å²) in [5.41, 5.74) is 2.21. The molecule has 0 aliphatic heterocycles. The molecular formula is C26H35ClN4O3S2. The highest BCUT2D eigenvalue weighted by Crippen LogP contribution is 2.34. The summed E-state index contributed by atoms with van der Waals surface area (Å²) in [6, 6.07) is 9.98. The van der Waals surface area contributed by atoms with Gasteiger partial charge in [0.05, 0.1) is 15.1 Å². The van der Waals surface area contributed by atoms with Crippen LogP contribution in [-0.2, 0) is 10.0 Å². The second-order valence-electron chi connectivity index (χ2n) is 9.11. The molecule has 0 saturated heterocycles. The average molecular weight is 551 g/mol. The van der Waals surface area contributed by atoms with Crippen molar-refractivity contribution in [3.63, 3.8) is 0 Å². The Morgan fingerprint density at radius 1 is 1.00 bits per heavy atom. The van der Waals surface area contributed by atoms with Crippen molar-refractivity contribution < 1.29 is 13.2 Å². The van der Waals surface area contributed by atoms with E-state index in [4.69, 9.17) is 16.6 Å². The Balaban J connectivity index is 1.93. The van der Waals surface area contributed by atoms with Crippen molar-refractivity contribution in [3.8, 4) is 0 Å². The fourth-order valence-electron chi connectivity index (χ4n) is 4.01. The predicted octanol–water partition coefficient (Wildman–Crippen LogP) is 5.67. The van der Waals surface area contributed by atoms with Crippen molar-refractivity contribution in [1.82, 2.24) is 14.2 Å². The maximum Gasteiger partial charge on any atom is 0.260 e. The number of rotatable bonds is 12. The summed E-state index contributed by atoms with van der Waals surface area (Å²) >= 11 is 7.67. The molecule has 196 valence electrons. The monoisotopic (exact) mass is 550 g/mol. The third-order valence-electron chi connectivity index (χ3n) is 5.79. The summed E-state index contributed by atoms with van der Waals surface area (Å²) in [7, 11) is 0.380. The van der Waals surface area contributed by atoms with Gasteiger partial charge in [-0.1, -0.05) is 36.8 Å². The lowest BCUT2D eigenvalue weighted by molar-refractivity contribution is 0.0986. The second kappa shape index (κ2) is 12.5. The maximum atomic E-state index is 13.6. The number of aryl methyl sites for hydroxylation is 1. The first-order chi connectivity index (χ1) is 17.1. The van der Waals surface area contributed by atoms with E-state index in [2.05, 4.69) is 4.90 Å². The Kier molecular flexibility index (Phi) is 9.88. The molecule has 3 rings (SSSR count). The van der Waals surface area contributed by atoms with Crippen molar-refractivity contribution in [3.05, 3.63) is 52.5 Å². The summed E-state index contributed by atoms with van der Waals surface area (Å²) < 4.78 is 28.7. The quantitative estimate of drug-likeness (QED) is 0.290. The molecule has 2 aromatic carbocycles. The standard InChI is InChI=1S/C26H35ClN4O3S2/c1-6-13-30(14-7-2)36(33,34)22-11-9-20(10-12-22)25(32)31(16-8-15-29(4)5)26-28-24-19(3)17-21(27)18-23(24)35-26/h9-12,17-18H,6-8,13-16H2,1-5H3. The van der Waals surface area contributed by atoms with Crippen LogP contribution in [0.25, 0.3) is 10.2 Å². The number of amides is 1. The van der Waals surface area contributed by atoms with Crippen molar-refractivity contribution in [1.29, 1.82) is 0 Å². The van der Waals surface area contributed by atoms with Crippen LogP contribution in [0.3, 0.4) is 0 Å². The smallest absolute Gasteiger partial charge is 0.260 e. The summed E-state index contributed by atoms with van der Waals surface area (Å²) in [6.07, 6.45) is 2.25. The highest BCUT2D eigenvalue weighted by atomic mass is 35.5. The largest absolute Gasteiger partial charge is 0.309 e. The Labute approximate surface area is 223 Å². The topological polar surface area (TPSA) is 73.8 Å². The minimum atomic E-state index is -3.61. The highest BCUT2D eigenvalue weighted by molar-refractivity contribution is 7.89. The molecule has 0 unspecified atom stereocenters. The van der Waals surface area contributed by atoms with Crippen molar-refractivity contribution >= 4 is 54.2 Å². The van der Waals surface area contributed by atoms with Gasteiger partial charge < -0.3 is 4.90 Å². The van der Waals surface area contributed by atoms with Gasteiger partial charge in [-0.25, -0.2) is 13.4 Å². The van der Waals surface area contributed by atoms with Crippen LogP contribution >= 0.6 is 22.9 Å². The molecule has 0 fully saturated rings. The van der Waals surface area contributed by atoms with Gasteiger partial charge in [0.25, 0.3) is 5.91 Å². The minimum Gasteiger partial charge on any atom is -0.309 e. The van der Waals surface area contributed by atoms with Gasteiger partial charge in [0.1, 0.15) is 0 Å². The number of aromatic nitrogens is 1. The Hall–Kier alpha value is -2.04. The van der Waals surface area contributed by atoms with Crippen LogP contribution < -0.4 is 4.90 Å². The van der Waals surface area contributed by atoms with E-state index in [9.17, 15) is 13.2 Å². The first-order valence-corrected chi connectivity index (χ1v) is 14.8. The minimum absolute atomic E-state index is 0.199. The number of anilines is 1. The van der Waals surface area contributed by atoms with E-state index in [0.717, 1.165) is 41.6 Å². The lowest BCUT2D eigenvalue weighted by Gasteiger charge is -2.22. The lowest BCUT2D eigenvalue weighted by atomic mass is 10.2. The third kappa shape index (κ3) is 6.63. The van der Waals surface area contributed by atoms with Gasteiger partial charge >= 0.3 is 0 Å². The number of nitrogens with zero attached hydrogens (tertiary/aromatic N) is 4. The van der Waals surface area contributed by atoms with E-state index < -0.39 is 10.0 Å². The molecule has 0 atom stereocenters. The summed E-state index contributed by atoms with van der Waals surface area (Å²) in [5.74, 6) is -0.209. The van der Waals surface area contributed by atoms with Gasteiger partial charge in [-0.3, -0.25) is 9.69 Å². The Morgan fingerprint density at radius 3 is 2.22 bits per heavy atom. The van der Waals surface area contributed by atoms with Crippen LogP contribution in [0.2, 0.25) is 5.02 Å². The van der Waals surface area contributed by atoms with Crippen molar-refractivity contribution in [2.75, 3.05) is 45.2 Å². The molecule has 7 nitrogen and oxygen atoms in total. The molecule has 0 aliphatic rings. The van der Waals surface area contributed by atoms with E-state index in [0.29, 0.717) is 35.4 Å². The zero-order valence-electron chi connectivity index (χ0n) is 21.6. The van der Waals surface area contributed by atoms with E-state index in [1.165, 1.54) is 27.8 Å². The second-order valence-corrected chi connectivity index (χ2v) is 12.5. The first kappa shape index (κ1) is 28.5. The van der Waals surface area contributed by atoms with Crippen LogP contribution in [0.4, 0.5) is 5.13 Å². The fourth-order valence-corrected chi connectivity index (χ4v) is 7.08. The number of hydrogen-bond acceptors (Lipinski definition) is 6. The zero-order valence-corrected chi connectivity index (χ0v) is 24.0. The maximum absolute atomic E-state index is 13.6. The lowest BCUT2D eigenvalue weighted by Crippen LogP contribution is -2.34. The van der Waals surface area contributed by atoms with E-state index in [-0.39, 0.29) is 10.8 Å². The number of carbonyl (C=O) groups is 1. The van der Waals surface area contributed by atoms with Gasteiger partial charge in [0.15, 0.2) is 5.13 Å². The molecule has 0 radical (unpaired) electrons. The Morgan fingerprint density at radius 2 is 1.64 bits per heavy atom. The molecule has 0 bridgehead atoms. The van der Waals surface area contributed by atoms with Gasteiger partial charge in [-0.2, -0.15) is 4.31 Å². The number of hydrogen-bond donors (Lipinski definition) is 0. The SMILES string of the molecule is CCCN(CCC)S(=O)(=O)c1ccc(C(=O)N(CCCN(C)C)c2nc3c(C)cc(Cl)cc3s2)cc1. The van der Waals surface area contributed by atoms with Gasteiger partial charge in [0.2, 0.25) is 10.0 Å². The number of halogens is 1. The molecule has 1 heterocycles. The van der Waals surface area contributed by atoms with Crippen molar-refractivity contribution in [2.24, 2.45) is 0 Å². The van der Waals surface area contributed by atoms with Crippen molar-refractivity contribution in [2.45, 2.75) is 44.9 Å². The van der Waals surface area contributed by atoms with Crippen LogP contribution in [0.15, 0.2) is 41.3 Å². The first-order valence-electron chi connectivity index (χ1n) is 12.2. The average Bonchev–Trinajstić information content (AvgIpc) is 3.25. The summed E-state index contributed by atoms with van der Waals surface area (Å²) in [4.78, 5) is 22.4. The summed E-state index contributed by atoms with van der Waals surface area (Å²) in [5, 5.41) is 1.24. The molecular weight excluding hydrogens is 516 g/mol. The van der Waals surface area contributed by atoms with E-state index >= 15 is 0 Å². The van der Waals surface area contributed by atoms with E-state index in [1.807, 2.05) is 47.0 Å². The van der Waals surface area contributed by atoms with Crippen LogP contribution in [0, 0.1) is 6.92 Å². The number of sulfonamides is 1. The number of fused-ring (bicyclic) bond motifs is 1. The van der Waals surface area contributed by atoms with Gasteiger partial charge in [-0.15, -0.1) is 0 Å². The molecule has 36 heavy (non-hydrogen) atoms. The highest BCUT2D eigenvalue weighted by Gasteiger charge is 2.25. The summed E-state index contributed by atoms with van der Waals surface area (Å²) in [6.45, 7) is 8.13. The predicted molar refractivity (Wildman–Crippen MR) is 150 cm³/mol. The molecule has 1 amide bonds. The number of thiazole rings is 1. The van der Waals surface area contributed by atoms with Gasteiger partial charge in [-0.05, 0) is 88.8 Å².